The van der Waals surface area contributed by atoms with Crippen LogP contribution >= 0.6 is 7.60 Å². The highest BCUT2D eigenvalue weighted by molar-refractivity contribution is 7.52. The molecule has 3 aromatic carbocycles. The number of carbonyl (C=O) groups excluding carboxylic acids is 1. The first kappa shape index (κ1) is 29.8. The second-order valence-corrected chi connectivity index (χ2v) is 11.8. The number of ether oxygens (including phenoxy) is 1. The zero-order valence-electron chi connectivity index (χ0n) is 22.8. The van der Waals surface area contributed by atoms with E-state index >= 15 is 0 Å². The van der Waals surface area contributed by atoms with Gasteiger partial charge in [-0.1, -0.05) is 43.3 Å². The molecule has 222 valence electrons. The van der Waals surface area contributed by atoms with Crippen LogP contribution in [0.3, 0.4) is 0 Å². The number of hydrogen-bond acceptors (Lipinski definition) is 9. The van der Waals surface area contributed by atoms with Gasteiger partial charge in [-0.25, -0.2) is 4.98 Å². The van der Waals surface area contributed by atoms with Crippen molar-refractivity contribution in [3.63, 3.8) is 0 Å². The number of hydrogen-bond donors (Lipinski definition) is 3. The summed E-state index contributed by atoms with van der Waals surface area (Å²) in [6.45, 7) is -1.58. The second-order valence-electron chi connectivity index (χ2n) is 9.57. The number of rotatable bonds is 9. The van der Waals surface area contributed by atoms with Crippen LogP contribution in [0.5, 0.6) is 5.75 Å². The normalized spacial score (nSPS) is 15.6. The maximum atomic E-state index is 13.6. The van der Waals surface area contributed by atoms with Gasteiger partial charge in [-0.2, -0.15) is 8.78 Å². The van der Waals surface area contributed by atoms with E-state index in [1.54, 1.807) is 37.3 Å². The van der Waals surface area contributed by atoms with Crippen LogP contribution in [0.2, 0.25) is 0 Å². The highest BCUT2D eigenvalue weighted by Gasteiger charge is 2.46. The van der Waals surface area contributed by atoms with E-state index in [1.165, 1.54) is 37.0 Å². The van der Waals surface area contributed by atoms with Crippen LogP contribution in [0, 0.1) is 0 Å². The Bertz CT molecular complexity index is 1680. The quantitative estimate of drug-likeness (QED) is 0.182. The van der Waals surface area contributed by atoms with Crippen LogP contribution < -0.4 is 4.74 Å². The van der Waals surface area contributed by atoms with Crippen molar-refractivity contribution in [2.45, 2.75) is 38.3 Å². The predicted octanol–water partition coefficient (Wildman–Crippen LogP) is 4.77. The molecule has 1 aliphatic heterocycles. The zero-order chi connectivity index (χ0) is 30.4. The fraction of sp³-hybridized carbons (Fsp3) is 0.286. The number of amides is 1. The Morgan fingerprint density at radius 3 is 2.29 bits per heavy atom. The van der Waals surface area contributed by atoms with Gasteiger partial charge < -0.3 is 29.1 Å². The van der Waals surface area contributed by atoms with E-state index in [2.05, 4.69) is 4.98 Å². The summed E-state index contributed by atoms with van der Waals surface area (Å²) >= 11 is 0. The van der Waals surface area contributed by atoms with E-state index < -0.39 is 32.3 Å². The van der Waals surface area contributed by atoms with Crippen LogP contribution in [-0.4, -0.2) is 62.6 Å². The lowest BCUT2D eigenvalue weighted by Crippen LogP contribution is -2.53. The summed E-state index contributed by atoms with van der Waals surface area (Å²) in [6, 6.07) is 15.1. The number of aliphatic hydroxyl groups is 3. The summed E-state index contributed by atoms with van der Waals surface area (Å²) in [5.41, 5.74) is 2.70. The van der Waals surface area contributed by atoms with E-state index in [-0.39, 0.29) is 35.4 Å². The third kappa shape index (κ3) is 5.31. The summed E-state index contributed by atoms with van der Waals surface area (Å²) in [6.07, 6.45) is -3.42. The van der Waals surface area contributed by atoms with Crippen LogP contribution in [0.4, 0.5) is 8.78 Å². The van der Waals surface area contributed by atoms with Crippen molar-refractivity contribution < 1.29 is 47.2 Å². The predicted molar refractivity (Wildman–Crippen MR) is 147 cm³/mol. The lowest BCUT2D eigenvalue weighted by Gasteiger charge is -2.34. The lowest BCUT2D eigenvalue weighted by atomic mass is 10.0. The molecule has 1 unspecified atom stereocenters. The van der Waals surface area contributed by atoms with Gasteiger partial charge in [-0.05, 0) is 47.4 Å². The molecule has 1 atom stereocenters. The lowest BCUT2D eigenvalue weighted by molar-refractivity contribution is -0.386. The van der Waals surface area contributed by atoms with Gasteiger partial charge in [0.25, 0.3) is 5.91 Å². The molecule has 11 nitrogen and oxygen atoms in total. The van der Waals surface area contributed by atoms with Gasteiger partial charge in [0.1, 0.15) is 11.5 Å². The molecule has 14 heteroatoms. The van der Waals surface area contributed by atoms with Gasteiger partial charge in [0.15, 0.2) is 5.75 Å². The number of halogens is 2. The average molecular weight is 604 g/mol. The molecule has 0 fully saturated rings. The summed E-state index contributed by atoms with van der Waals surface area (Å²) in [7, 11) is -0.640. The van der Waals surface area contributed by atoms with E-state index in [0.717, 1.165) is 11.1 Å². The minimum atomic E-state index is -3.58. The van der Waals surface area contributed by atoms with Crippen molar-refractivity contribution in [1.82, 2.24) is 14.5 Å². The Balaban J connectivity index is 1.72. The molecule has 0 aliphatic carbocycles. The van der Waals surface area contributed by atoms with Crippen molar-refractivity contribution in [2.24, 2.45) is 0 Å². The van der Waals surface area contributed by atoms with Crippen molar-refractivity contribution in [1.29, 1.82) is 0 Å². The van der Waals surface area contributed by atoms with Crippen molar-refractivity contribution in [2.75, 3.05) is 14.2 Å². The van der Waals surface area contributed by atoms with Crippen LogP contribution in [-0.2, 0) is 19.8 Å². The van der Waals surface area contributed by atoms with E-state index in [1.807, 2.05) is 12.1 Å². The number of alkyl halides is 2. The molecule has 1 amide bonds. The van der Waals surface area contributed by atoms with Crippen molar-refractivity contribution in [3.8, 4) is 22.6 Å². The Kier molecular flexibility index (Phi) is 7.92. The Labute approximate surface area is 239 Å². The first-order valence-corrected chi connectivity index (χ1v) is 14.5. The van der Waals surface area contributed by atoms with Crippen LogP contribution in [0.15, 0.2) is 60.7 Å². The standard InChI is InChI=1S/C28H28F2N3O8P/c1-4-21-25-31-20-13-12-18(17-10-8-16(9-11-17)15-42(38,39-2)40-3)14-22(20)32(25)24-19(26(34)33(21)28(35,36)37)6-5-7-23(24)41-27(29)30/h5-14,21,27,35-37H,4,15H2,1-3H3. The fourth-order valence-corrected chi connectivity index (χ4v) is 6.24. The molecule has 1 aromatic heterocycles. The number of benzene rings is 3. The molecular formula is C28H28F2N3O8P. The average Bonchev–Trinajstić information content (AvgIpc) is 3.27. The summed E-state index contributed by atoms with van der Waals surface area (Å²) < 4.78 is 55.8. The molecule has 0 saturated heterocycles. The van der Waals surface area contributed by atoms with Gasteiger partial charge in [0, 0.05) is 14.2 Å². The third-order valence-electron chi connectivity index (χ3n) is 7.11. The maximum absolute atomic E-state index is 13.6. The minimum Gasteiger partial charge on any atom is -0.433 e. The highest BCUT2D eigenvalue weighted by Crippen LogP contribution is 2.50. The largest absolute Gasteiger partial charge is 0.433 e. The molecule has 5 rings (SSSR count). The molecule has 42 heavy (non-hydrogen) atoms. The monoisotopic (exact) mass is 603 g/mol. The molecular weight excluding hydrogens is 575 g/mol. The molecule has 0 radical (unpaired) electrons. The van der Waals surface area contributed by atoms with E-state index in [4.69, 9.17) is 13.8 Å². The molecule has 3 N–H and O–H groups in total. The number of carbonyl (C=O) groups is 1. The van der Waals surface area contributed by atoms with Gasteiger partial charge in [0.05, 0.1) is 28.8 Å². The number of para-hydroxylation sites is 1. The summed E-state index contributed by atoms with van der Waals surface area (Å²) in [5.74, 6) is -1.28. The molecule has 1 aliphatic rings. The van der Waals surface area contributed by atoms with Crippen LogP contribution in [0.1, 0.15) is 41.1 Å². The molecule has 4 aromatic rings. The van der Waals surface area contributed by atoms with Crippen molar-refractivity contribution in [3.05, 3.63) is 77.6 Å². The molecule has 0 spiro atoms. The van der Waals surface area contributed by atoms with E-state index in [9.17, 15) is 33.5 Å². The molecule has 0 bridgehead atoms. The molecule has 2 heterocycles. The Hall–Kier alpha value is -3.71. The number of imidazole rings is 1. The topological polar surface area (TPSA) is 144 Å². The second kappa shape index (κ2) is 11.2. The van der Waals surface area contributed by atoms with Crippen molar-refractivity contribution >= 4 is 24.5 Å². The SMILES string of the molecule is CCC1c2nc3ccc(-c4ccc(CP(=O)(OC)OC)cc4)cc3n2-c2c(OC(F)F)cccc2C(=O)N1C(O)(O)O. The molecule has 0 saturated carbocycles. The maximum Gasteiger partial charge on any atom is 0.387 e. The zero-order valence-corrected chi connectivity index (χ0v) is 23.7. The van der Waals surface area contributed by atoms with Gasteiger partial charge in [-0.15, -0.1) is 0 Å². The minimum absolute atomic E-state index is 0.0736. The van der Waals surface area contributed by atoms with Gasteiger partial charge in [-0.3, -0.25) is 18.8 Å². The Morgan fingerprint density at radius 2 is 1.69 bits per heavy atom. The third-order valence-corrected chi connectivity index (χ3v) is 8.97. The number of fused-ring (bicyclic) bond motifs is 5. The van der Waals surface area contributed by atoms with Gasteiger partial charge in [0.2, 0.25) is 0 Å². The van der Waals surface area contributed by atoms with Crippen LogP contribution in [0.25, 0.3) is 27.8 Å². The first-order valence-electron chi connectivity index (χ1n) is 12.8. The smallest absolute Gasteiger partial charge is 0.387 e. The number of nitrogens with zero attached hydrogens (tertiary/aromatic N) is 3. The van der Waals surface area contributed by atoms with Gasteiger partial charge >= 0.3 is 20.3 Å². The summed E-state index contributed by atoms with van der Waals surface area (Å²) in [5, 5.41) is 30.6. The fourth-order valence-electron chi connectivity index (χ4n) is 5.18. The highest BCUT2D eigenvalue weighted by atomic mass is 31.2. The number of aromatic nitrogens is 2. The Morgan fingerprint density at radius 1 is 1.02 bits per heavy atom. The van der Waals surface area contributed by atoms with E-state index in [0.29, 0.717) is 21.5 Å². The first-order chi connectivity index (χ1) is 19.9. The summed E-state index contributed by atoms with van der Waals surface area (Å²) in [4.78, 5) is 18.7.